The van der Waals surface area contributed by atoms with Gasteiger partial charge in [-0.1, -0.05) is 32.6 Å². The van der Waals surface area contributed by atoms with Crippen molar-refractivity contribution in [3.8, 4) is 0 Å². The Labute approximate surface area is 118 Å². The summed E-state index contributed by atoms with van der Waals surface area (Å²) >= 11 is 0. The number of hydrogen-bond acceptors (Lipinski definition) is 2. The van der Waals surface area contributed by atoms with Crippen LogP contribution in [0.4, 0.5) is 8.78 Å². The van der Waals surface area contributed by atoms with Gasteiger partial charge in [0, 0.05) is 18.8 Å². The summed E-state index contributed by atoms with van der Waals surface area (Å²) in [6, 6.07) is 0. The highest BCUT2D eigenvalue weighted by molar-refractivity contribution is 6.33. The Hall–Kier alpha value is -1.00. The molecule has 0 aromatic heterocycles. The summed E-state index contributed by atoms with van der Waals surface area (Å²) in [4.78, 5) is 22.7. The van der Waals surface area contributed by atoms with Crippen LogP contribution in [0.1, 0.15) is 64.7 Å². The number of alkyl halides is 2. The number of Topliss-reactive ketones (excluding diaryl/α,β-unsaturated/α-hetero) is 1. The van der Waals surface area contributed by atoms with Crippen molar-refractivity contribution in [1.82, 2.24) is 0 Å². The predicted octanol–water partition coefficient (Wildman–Crippen LogP) is 4.05. The SMILES string of the molecule is CCCCCCC(C(=O)C(=O)O)C1CCC(F)(F)CC1. The van der Waals surface area contributed by atoms with Gasteiger partial charge in [-0.3, -0.25) is 4.79 Å². The Kier molecular flexibility index (Phi) is 6.56. The molecule has 3 nitrogen and oxygen atoms in total. The number of carboxylic acids is 1. The fourth-order valence-electron chi connectivity index (χ4n) is 3.00. The molecule has 1 fully saturated rings. The highest BCUT2D eigenvalue weighted by Crippen LogP contribution is 2.40. The van der Waals surface area contributed by atoms with E-state index >= 15 is 0 Å². The molecule has 5 heteroatoms. The van der Waals surface area contributed by atoms with Gasteiger partial charge in [0.2, 0.25) is 11.7 Å². The molecule has 0 aromatic carbocycles. The minimum Gasteiger partial charge on any atom is -0.475 e. The van der Waals surface area contributed by atoms with E-state index in [0.717, 1.165) is 25.7 Å². The fourth-order valence-corrected chi connectivity index (χ4v) is 3.00. The Morgan fingerprint density at radius 2 is 1.80 bits per heavy atom. The van der Waals surface area contributed by atoms with E-state index in [-0.39, 0.29) is 31.6 Å². The average Bonchev–Trinajstić information content (AvgIpc) is 2.39. The molecule has 1 aliphatic rings. The first-order chi connectivity index (χ1) is 9.37. The van der Waals surface area contributed by atoms with Gasteiger partial charge in [0.1, 0.15) is 0 Å². The van der Waals surface area contributed by atoms with Crippen LogP contribution in [0.15, 0.2) is 0 Å². The predicted molar refractivity (Wildman–Crippen MR) is 71.8 cm³/mol. The second-order valence-electron chi connectivity index (χ2n) is 5.82. The van der Waals surface area contributed by atoms with E-state index in [1.165, 1.54) is 0 Å². The van der Waals surface area contributed by atoms with E-state index in [1.54, 1.807) is 0 Å². The first-order valence-electron chi connectivity index (χ1n) is 7.52. The molecule has 0 bridgehead atoms. The number of hydrogen-bond donors (Lipinski definition) is 1. The lowest BCUT2D eigenvalue weighted by Gasteiger charge is -2.32. The monoisotopic (exact) mass is 290 g/mol. The number of carbonyl (C=O) groups excluding carboxylic acids is 1. The normalized spacial score (nSPS) is 20.6. The van der Waals surface area contributed by atoms with Crippen molar-refractivity contribution in [3.63, 3.8) is 0 Å². The molecule has 0 heterocycles. The molecule has 0 aromatic rings. The molecule has 1 saturated carbocycles. The topological polar surface area (TPSA) is 54.4 Å². The zero-order valence-corrected chi connectivity index (χ0v) is 12.0. The van der Waals surface area contributed by atoms with Crippen molar-refractivity contribution in [2.75, 3.05) is 0 Å². The van der Waals surface area contributed by atoms with Crippen LogP contribution in [0.3, 0.4) is 0 Å². The largest absolute Gasteiger partial charge is 0.475 e. The summed E-state index contributed by atoms with van der Waals surface area (Å²) in [5.41, 5.74) is 0. The summed E-state index contributed by atoms with van der Waals surface area (Å²) in [5.74, 6) is -5.64. The molecule has 0 spiro atoms. The molecule has 0 radical (unpaired) electrons. The Balaban J connectivity index is 2.58. The van der Waals surface area contributed by atoms with Gasteiger partial charge in [0.25, 0.3) is 0 Å². The third-order valence-electron chi connectivity index (χ3n) is 4.25. The number of aliphatic carboxylic acids is 1. The molecule has 0 amide bonds. The van der Waals surface area contributed by atoms with Gasteiger partial charge < -0.3 is 5.11 Å². The molecular formula is C15H24F2O3. The minimum atomic E-state index is -2.64. The molecule has 1 N–H and O–H groups in total. The van der Waals surface area contributed by atoms with E-state index in [9.17, 15) is 18.4 Å². The van der Waals surface area contributed by atoms with Crippen LogP contribution < -0.4 is 0 Å². The summed E-state index contributed by atoms with van der Waals surface area (Å²) in [6.45, 7) is 2.07. The van der Waals surface area contributed by atoms with Crippen molar-refractivity contribution < 1.29 is 23.5 Å². The van der Waals surface area contributed by atoms with E-state index in [2.05, 4.69) is 6.92 Å². The number of carbonyl (C=O) groups is 2. The molecule has 1 rings (SSSR count). The number of halogens is 2. The molecule has 1 unspecified atom stereocenters. The highest BCUT2D eigenvalue weighted by Gasteiger charge is 2.40. The first-order valence-corrected chi connectivity index (χ1v) is 7.52. The smallest absolute Gasteiger partial charge is 0.372 e. The van der Waals surface area contributed by atoms with Crippen molar-refractivity contribution in [1.29, 1.82) is 0 Å². The number of rotatable bonds is 8. The van der Waals surface area contributed by atoms with Gasteiger partial charge in [-0.2, -0.15) is 0 Å². The molecule has 0 saturated heterocycles. The van der Waals surface area contributed by atoms with Crippen LogP contribution in [0.5, 0.6) is 0 Å². The Morgan fingerprint density at radius 1 is 1.20 bits per heavy atom. The maximum atomic E-state index is 13.2. The first kappa shape index (κ1) is 17.1. The Morgan fingerprint density at radius 3 is 2.30 bits per heavy atom. The lowest BCUT2D eigenvalue weighted by molar-refractivity contribution is -0.153. The van der Waals surface area contributed by atoms with Crippen LogP contribution in [-0.4, -0.2) is 22.8 Å². The van der Waals surface area contributed by atoms with E-state index in [1.807, 2.05) is 0 Å². The van der Waals surface area contributed by atoms with Crippen molar-refractivity contribution in [2.45, 2.75) is 70.6 Å². The van der Waals surface area contributed by atoms with Crippen molar-refractivity contribution in [2.24, 2.45) is 11.8 Å². The van der Waals surface area contributed by atoms with Crippen LogP contribution in [0.2, 0.25) is 0 Å². The molecule has 1 aliphatic carbocycles. The third-order valence-corrected chi connectivity index (χ3v) is 4.25. The number of carboxylic acid groups (broad SMARTS) is 1. The Bertz CT molecular complexity index is 332. The quantitative estimate of drug-likeness (QED) is 0.542. The fraction of sp³-hybridized carbons (Fsp3) is 0.867. The van der Waals surface area contributed by atoms with E-state index < -0.39 is 23.6 Å². The summed E-state index contributed by atoms with van der Waals surface area (Å²) in [5, 5.41) is 8.89. The van der Waals surface area contributed by atoms with Gasteiger partial charge in [0.15, 0.2) is 0 Å². The second kappa shape index (κ2) is 7.70. The van der Waals surface area contributed by atoms with Crippen molar-refractivity contribution >= 4 is 11.8 Å². The number of ketones is 1. The molecule has 0 aliphatic heterocycles. The van der Waals surface area contributed by atoms with Crippen LogP contribution in [0.25, 0.3) is 0 Å². The van der Waals surface area contributed by atoms with Crippen LogP contribution in [0, 0.1) is 11.8 Å². The molecule has 20 heavy (non-hydrogen) atoms. The standard InChI is InChI=1S/C15H24F2O3/c1-2-3-4-5-6-12(13(18)14(19)20)11-7-9-15(16,17)10-8-11/h11-12H,2-10H2,1H3,(H,19,20). The zero-order valence-electron chi connectivity index (χ0n) is 12.0. The van der Waals surface area contributed by atoms with Gasteiger partial charge >= 0.3 is 5.97 Å². The molecular weight excluding hydrogens is 266 g/mol. The van der Waals surface area contributed by atoms with E-state index in [4.69, 9.17) is 5.11 Å². The number of unbranched alkanes of at least 4 members (excludes halogenated alkanes) is 3. The summed E-state index contributed by atoms with van der Waals surface area (Å²) < 4.78 is 26.3. The average molecular weight is 290 g/mol. The van der Waals surface area contributed by atoms with E-state index in [0.29, 0.717) is 6.42 Å². The summed E-state index contributed by atoms with van der Waals surface area (Å²) in [6.07, 6.45) is 4.44. The lowest BCUT2D eigenvalue weighted by Crippen LogP contribution is -2.35. The molecule has 1 atom stereocenters. The third kappa shape index (κ3) is 5.17. The van der Waals surface area contributed by atoms with Crippen molar-refractivity contribution in [3.05, 3.63) is 0 Å². The molecule has 116 valence electrons. The lowest BCUT2D eigenvalue weighted by atomic mass is 9.75. The zero-order chi connectivity index (χ0) is 15.2. The van der Waals surface area contributed by atoms with Gasteiger partial charge in [-0.15, -0.1) is 0 Å². The van der Waals surface area contributed by atoms with Gasteiger partial charge in [-0.25, -0.2) is 13.6 Å². The second-order valence-corrected chi connectivity index (χ2v) is 5.82. The summed E-state index contributed by atoms with van der Waals surface area (Å²) in [7, 11) is 0. The van der Waals surface area contributed by atoms with Gasteiger partial charge in [0.05, 0.1) is 0 Å². The minimum absolute atomic E-state index is 0.195. The van der Waals surface area contributed by atoms with Gasteiger partial charge in [-0.05, 0) is 25.2 Å². The van der Waals surface area contributed by atoms with Crippen LogP contribution >= 0.6 is 0 Å². The highest BCUT2D eigenvalue weighted by atomic mass is 19.3. The maximum absolute atomic E-state index is 13.2. The van der Waals surface area contributed by atoms with Crippen LogP contribution in [-0.2, 0) is 9.59 Å². The maximum Gasteiger partial charge on any atom is 0.372 e.